The average Bonchev–Trinajstić information content (AvgIpc) is 2.81. The van der Waals surface area contributed by atoms with E-state index < -0.39 is 12.2 Å². The molecule has 7 nitrogen and oxygen atoms in total. The Hall–Kier alpha value is -1.38. The Kier molecular flexibility index (Phi) is 6.54. The van der Waals surface area contributed by atoms with E-state index in [-0.39, 0.29) is 6.61 Å². The number of anilines is 1. The molecule has 0 saturated carbocycles. The molecule has 19 heavy (non-hydrogen) atoms. The van der Waals surface area contributed by atoms with Crippen LogP contribution in [-0.2, 0) is 4.74 Å². The maximum atomic E-state index is 11.0. The number of hydrogen-bond donors (Lipinski definition) is 3. The standard InChI is InChI=1S/C11H19N3O4S/c1-7(2)12-4-8(15)6-18-11-13-5-9(19-11)14-10(16)17-3/h5,7-8,12,15H,4,6H2,1-3H3,(H,14,16). The maximum absolute atomic E-state index is 11.0. The second-order valence-corrected chi connectivity index (χ2v) is 5.13. The van der Waals surface area contributed by atoms with Crippen LogP contribution in [0.5, 0.6) is 5.19 Å². The molecule has 0 saturated heterocycles. The van der Waals surface area contributed by atoms with E-state index in [0.717, 1.165) is 0 Å². The molecule has 1 atom stereocenters. The van der Waals surface area contributed by atoms with Gasteiger partial charge >= 0.3 is 6.09 Å². The van der Waals surface area contributed by atoms with Crippen molar-refractivity contribution in [2.45, 2.75) is 26.0 Å². The quantitative estimate of drug-likeness (QED) is 0.695. The lowest BCUT2D eigenvalue weighted by molar-refractivity contribution is 0.104. The van der Waals surface area contributed by atoms with E-state index in [0.29, 0.717) is 22.8 Å². The van der Waals surface area contributed by atoms with Gasteiger partial charge in [0, 0.05) is 12.6 Å². The first-order valence-electron chi connectivity index (χ1n) is 5.86. The van der Waals surface area contributed by atoms with E-state index in [1.165, 1.54) is 24.6 Å². The first kappa shape index (κ1) is 15.7. The Morgan fingerprint density at radius 1 is 1.58 bits per heavy atom. The lowest BCUT2D eigenvalue weighted by Gasteiger charge is -2.13. The molecular formula is C11H19N3O4S. The molecule has 0 aromatic carbocycles. The molecule has 1 heterocycles. The molecule has 1 aromatic rings. The Bertz CT molecular complexity index is 397. The fourth-order valence-electron chi connectivity index (χ4n) is 1.13. The minimum absolute atomic E-state index is 0.144. The summed E-state index contributed by atoms with van der Waals surface area (Å²) in [5, 5.41) is 16.1. The second-order valence-electron chi connectivity index (χ2n) is 4.13. The van der Waals surface area contributed by atoms with Crippen molar-refractivity contribution in [2.75, 3.05) is 25.6 Å². The van der Waals surface area contributed by atoms with Crippen molar-refractivity contribution in [1.29, 1.82) is 0 Å². The molecule has 1 rings (SSSR count). The lowest BCUT2D eigenvalue weighted by atomic mass is 10.3. The minimum atomic E-state index is -0.608. The summed E-state index contributed by atoms with van der Waals surface area (Å²) in [6, 6.07) is 0.311. The van der Waals surface area contributed by atoms with E-state index in [2.05, 4.69) is 20.4 Å². The van der Waals surface area contributed by atoms with Gasteiger partial charge in [-0.15, -0.1) is 0 Å². The summed E-state index contributed by atoms with van der Waals surface area (Å²) in [4.78, 5) is 14.9. The smallest absolute Gasteiger partial charge is 0.412 e. The number of thiazole rings is 1. The molecule has 0 radical (unpaired) electrons. The molecular weight excluding hydrogens is 270 g/mol. The number of carbonyl (C=O) groups excluding carboxylic acids is 1. The predicted molar refractivity (Wildman–Crippen MR) is 72.8 cm³/mol. The van der Waals surface area contributed by atoms with Crippen LogP contribution in [0.4, 0.5) is 9.80 Å². The zero-order valence-corrected chi connectivity index (χ0v) is 12.0. The highest BCUT2D eigenvalue weighted by Gasteiger charge is 2.10. The number of carbonyl (C=O) groups is 1. The molecule has 108 valence electrons. The van der Waals surface area contributed by atoms with Crippen LogP contribution in [0, 0.1) is 0 Å². The van der Waals surface area contributed by atoms with Gasteiger partial charge in [0.1, 0.15) is 17.7 Å². The third-order valence-corrected chi connectivity index (χ3v) is 2.88. The van der Waals surface area contributed by atoms with Gasteiger partial charge in [0.2, 0.25) is 0 Å². The predicted octanol–water partition coefficient (Wildman–Crippen LogP) is 1.06. The summed E-state index contributed by atoms with van der Waals surface area (Å²) in [6.45, 7) is 4.60. The maximum Gasteiger partial charge on any atom is 0.412 e. The zero-order chi connectivity index (χ0) is 14.3. The average molecular weight is 289 g/mol. The highest BCUT2D eigenvalue weighted by Crippen LogP contribution is 2.25. The molecule has 0 aliphatic rings. The van der Waals surface area contributed by atoms with Crippen molar-refractivity contribution in [2.24, 2.45) is 0 Å². The summed E-state index contributed by atoms with van der Waals surface area (Å²) in [5.41, 5.74) is 0. The lowest BCUT2D eigenvalue weighted by Crippen LogP contribution is -2.35. The SMILES string of the molecule is COC(=O)Nc1cnc(OCC(O)CNC(C)C)s1. The van der Waals surface area contributed by atoms with Crippen LogP contribution in [0.25, 0.3) is 0 Å². The zero-order valence-electron chi connectivity index (χ0n) is 11.2. The van der Waals surface area contributed by atoms with E-state index in [9.17, 15) is 9.90 Å². The van der Waals surface area contributed by atoms with Gasteiger partial charge in [-0.05, 0) is 0 Å². The molecule has 0 fully saturated rings. The number of nitrogens with zero attached hydrogens (tertiary/aromatic N) is 1. The van der Waals surface area contributed by atoms with E-state index >= 15 is 0 Å². The van der Waals surface area contributed by atoms with Crippen LogP contribution < -0.4 is 15.4 Å². The summed E-state index contributed by atoms with van der Waals surface area (Å²) in [5.74, 6) is 0. The van der Waals surface area contributed by atoms with E-state index in [1.807, 2.05) is 13.8 Å². The van der Waals surface area contributed by atoms with Crippen LogP contribution >= 0.6 is 11.3 Å². The second kappa shape index (κ2) is 7.93. The summed E-state index contributed by atoms with van der Waals surface area (Å²) < 4.78 is 9.78. The van der Waals surface area contributed by atoms with Crippen molar-refractivity contribution in [1.82, 2.24) is 10.3 Å². The first-order valence-corrected chi connectivity index (χ1v) is 6.68. The monoisotopic (exact) mass is 289 g/mol. The van der Waals surface area contributed by atoms with Crippen molar-refractivity contribution in [3.8, 4) is 5.19 Å². The van der Waals surface area contributed by atoms with Crippen LogP contribution in [-0.4, -0.2) is 48.6 Å². The number of aromatic nitrogens is 1. The first-order chi connectivity index (χ1) is 9.01. The Morgan fingerprint density at radius 2 is 2.32 bits per heavy atom. The number of amides is 1. The molecule has 8 heteroatoms. The van der Waals surface area contributed by atoms with E-state index in [1.54, 1.807) is 0 Å². The highest BCUT2D eigenvalue weighted by atomic mass is 32.1. The number of nitrogens with one attached hydrogen (secondary N) is 2. The topological polar surface area (TPSA) is 92.7 Å². The van der Waals surface area contributed by atoms with Crippen LogP contribution in [0.3, 0.4) is 0 Å². The van der Waals surface area contributed by atoms with Crippen molar-refractivity contribution in [3.63, 3.8) is 0 Å². The third-order valence-electron chi connectivity index (χ3n) is 2.06. The number of aliphatic hydroxyl groups excluding tert-OH is 1. The number of aliphatic hydroxyl groups is 1. The number of ether oxygens (including phenoxy) is 2. The molecule has 0 aliphatic heterocycles. The molecule has 1 aromatic heterocycles. The fraction of sp³-hybridized carbons (Fsp3) is 0.636. The van der Waals surface area contributed by atoms with Crippen LogP contribution in [0.2, 0.25) is 0 Å². The van der Waals surface area contributed by atoms with E-state index in [4.69, 9.17) is 4.74 Å². The van der Waals surface area contributed by atoms with Crippen LogP contribution in [0.1, 0.15) is 13.8 Å². The Labute approximate surface area is 115 Å². The Balaban J connectivity index is 2.31. The van der Waals surface area contributed by atoms with Crippen molar-refractivity contribution in [3.05, 3.63) is 6.20 Å². The minimum Gasteiger partial charge on any atom is -0.467 e. The fourth-order valence-corrected chi connectivity index (χ4v) is 1.79. The molecule has 3 N–H and O–H groups in total. The molecule has 1 amide bonds. The van der Waals surface area contributed by atoms with Gasteiger partial charge in [-0.3, -0.25) is 5.32 Å². The molecule has 1 unspecified atom stereocenters. The number of methoxy groups -OCH3 is 1. The molecule has 0 bridgehead atoms. The summed E-state index contributed by atoms with van der Waals surface area (Å²) in [7, 11) is 1.28. The van der Waals surface area contributed by atoms with Gasteiger partial charge in [-0.25, -0.2) is 9.78 Å². The van der Waals surface area contributed by atoms with Gasteiger partial charge in [0.15, 0.2) is 0 Å². The third kappa shape index (κ3) is 6.37. The normalized spacial score (nSPS) is 12.3. The molecule has 0 aliphatic carbocycles. The largest absolute Gasteiger partial charge is 0.467 e. The number of hydrogen-bond acceptors (Lipinski definition) is 7. The summed E-state index contributed by atoms with van der Waals surface area (Å²) >= 11 is 1.17. The van der Waals surface area contributed by atoms with Crippen molar-refractivity contribution < 1.29 is 19.4 Å². The van der Waals surface area contributed by atoms with Crippen molar-refractivity contribution >= 4 is 22.4 Å². The van der Waals surface area contributed by atoms with Gasteiger partial charge in [0.05, 0.1) is 13.3 Å². The van der Waals surface area contributed by atoms with Gasteiger partial charge in [0.25, 0.3) is 5.19 Å². The highest BCUT2D eigenvalue weighted by molar-refractivity contribution is 7.17. The Morgan fingerprint density at radius 3 is 2.95 bits per heavy atom. The van der Waals surface area contributed by atoms with Gasteiger partial charge in [-0.1, -0.05) is 25.2 Å². The van der Waals surface area contributed by atoms with Gasteiger partial charge in [-0.2, -0.15) is 0 Å². The molecule has 0 spiro atoms. The van der Waals surface area contributed by atoms with Crippen LogP contribution in [0.15, 0.2) is 6.20 Å². The van der Waals surface area contributed by atoms with Gasteiger partial charge < -0.3 is 19.9 Å². The summed E-state index contributed by atoms with van der Waals surface area (Å²) in [6.07, 6.45) is 0.301. The number of rotatable bonds is 7.